The third-order valence-corrected chi connectivity index (χ3v) is 2.97. The highest BCUT2D eigenvalue weighted by atomic mass is 15.3. The van der Waals surface area contributed by atoms with Gasteiger partial charge in [-0.1, -0.05) is 6.92 Å². The topological polar surface area (TPSA) is 53.6 Å². The number of aryl methyl sites for hydroxylation is 1. The van der Waals surface area contributed by atoms with E-state index in [0.717, 1.165) is 31.6 Å². The van der Waals surface area contributed by atoms with Crippen LogP contribution < -0.4 is 5.32 Å². The number of nitrogens with one attached hydrogen (secondary N) is 1. The van der Waals surface area contributed by atoms with Gasteiger partial charge in [0, 0.05) is 6.20 Å². The first-order valence-electron chi connectivity index (χ1n) is 6.58. The van der Waals surface area contributed by atoms with Crippen molar-refractivity contribution in [2.75, 3.05) is 13.1 Å². The van der Waals surface area contributed by atoms with Gasteiger partial charge >= 0.3 is 0 Å². The maximum Gasteiger partial charge on any atom is 0.0991 e. The van der Waals surface area contributed by atoms with Crippen molar-refractivity contribution in [2.24, 2.45) is 0 Å². The molecule has 2 aromatic rings. The molecule has 0 atom stereocenters. The van der Waals surface area contributed by atoms with E-state index >= 15 is 0 Å². The van der Waals surface area contributed by atoms with Crippen molar-refractivity contribution in [1.82, 2.24) is 15.1 Å². The molecule has 2 rings (SSSR count). The lowest BCUT2D eigenvalue weighted by Crippen LogP contribution is -2.14. The first-order valence-corrected chi connectivity index (χ1v) is 6.58. The first-order chi connectivity index (χ1) is 9.33. The van der Waals surface area contributed by atoms with Crippen molar-refractivity contribution in [2.45, 2.75) is 19.8 Å². The smallest absolute Gasteiger partial charge is 0.0991 e. The summed E-state index contributed by atoms with van der Waals surface area (Å²) in [6, 6.07) is 9.55. The van der Waals surface area contributed by atoms with E-state index in [1.54, 1.807) is 0 Å². The fraction of sp³-hybridized carbons (Fsp3) is 0.333. The van der Waals surface area contributed by atoms with E-state index in [4.69, 9.17) is 5.26 Å². The molecule has 0 bridgehead atoms. The van der Waals surface area contributed by atoms with E-state index in [2.05, 4.69) is 23.4 Å². The Bertz CT molecular complexity index is 548. The molecule has 0 spiro atoms. The number of aromatic nitrogens is 2. The summed E-state index contributed by atoms with van der Waals surface area (Å²) in [4.78, 5) is 0. The van der Waals surface area contributed by atoms with Gasteiger partial charge < -0.3 is 5.32 Å². The lowest BCUT2D eigenvalue weighted by atomic mass is 10.2. The molecular weight excluding hydrogens is 236 g/mol. The molecule has 0 fully saturated rings. The summed E-state index contributed by atoms with van der Waals surface area (Å²) in [5, 5.41) is 16.4. The zero-order valence-corrected chi connectivity index (χ0v) is 11.1. The second kappa shape index (κ2) is 6.72. The Hall–Kier alpha value is -2.12. The van der Waals surface area contributed by atoms with Crippen LogP contribution in [0.3, 0.4) is 0 Å². The van der Waals surface area contributed by atoms with E-state index in [-0.39, 0.29) is 0 Å². The standard InChI is InChI=1S/C15H18N4/c1-2-17-9-3-4-14-11-18-19(12-14)15-7-5-13(10-16)6-8-15/h5-8,11-12,17H,2-4,9H2,1H3. The summed E-state index contributed by atoms with van der Waals surface area (Å²) in [6.45, 7) is 4.17. The molecule has 0 aliphatic rings. The zero-order valence-electron chi connectivity index (χ0n) is 11.1. The summed E-state index contributed by atoms with van der Waals surface area (Å²) in [5.74, 6) is 0. The summed E-state index contributed by atoms with van der Waals surface area (Å²) < 4.78 is 1.85. The van der Waals surface area contributed by atoms with Gasteiger partial charge in [-0.15, -0.1) is 0 Å². The quantitative estimate of drug-likeness (QED) is 0.805. The zero-order chi connectivity index (χ0) is 13.5. The van der Waals surface area contributed by atoms with Crippen LogP contribution in [0.5, 0.6) is 0 Å². The highest BCUT2D eigenvalue weighted by Crippen LogP contribution is 2.10. The van der Waals surface area contributed by atoms with E-state index in [9.17, 15) is 0 Å². The van der Waals surface area contributed by atoms with Crippen LogP contribution in [0.1, 0.15) is 24.5 Å². The van der Waals surface area contributed by atoms with Crippen molar-refractivity contribution in [3.05, 3.63) is 47.8 Å². The van der Waals surface area contributed by atoms with Gasteiger partial charge in [0.25, 0.3) is 0 Å². The lowest BCUT2D eigenvalue weighted by Gasteiger charge is -2.01. The third kappa shape index (κ3) is 3.67. The van der Waals surface area contributed by atoms with Crippen molar-refractivity contribution in [3.8, 4) is 11.8 Å². The third-order valence-electron chi connectivity index (χ3n) is 2.97. The number of hydrogen-bond acceptors (Lipinski definition) is 3. The average Bonchev–Trinajstić information content (AvgIpc) is 2.92. The fourth-order valence-electron chi connectivity index (χ4n) is 1.91. The van der Waals surface area contributed by atoms with Gasteiger partial charge in [-0.2, -0.15) is 10.4 Å². The average molecular weight is 254 g/mol. The number of nitriles is 1. The largest absolute Gasteiger partial charge is 0.317 e. The monoisotopic (exact) mass is 254 g/mol. The van der Waals surface area contributed by atoms with E-state index in [1.807, 2.05) is 41.3 Å². The van der Waals surface area contributed by atoms with Crippen molar-refractivity contribution < 1.29 is 0 Å². The highest BCUT2D eigenvalue weighted by molar-refractivity contribution is 5.39. The fourth-order valence-corrected chi connectivity index (χ4v) is 1.91. The van der Waals surface area contributed by atoms with Crippen molar-refractivity contribution >= 4 is 0 Å². The molecule has 0 saturated carbocycles. The summed E-state index contributed by atoms with van der Waals surface area (Å²) in [7, 11) is 0. The van der Waals surface area contributed by atoms with Crippen molar-refractivity contribution in [1.29, 1.82) is 5.26 Å². The van der Waals surface area contributed by atoms with Gasteiger partial charge in [0.1, 0.15) is 0 Å². The molecule has 98 valence electrons. The molecule has 0 amide bonds. The second-order valence-electron chi connectivity index (χ2n) is 4.41. The molecule has 0 saturated heterocycles. The Morgan fingerprint density at radius 1 is 1.32 bits per heavy atom. The van der Waals surface area contributed by atoms with Crippen LogP contribution in [-0.2, 0) is 6.42 Å². The SMILES string of the molecule is CCNCCCc1cnn(-c2ccc(C#N)cc2)c1. The molecule has 19 heavy (non-hydrogen) atoms. The molecule has 1 aromatic carbocycles. The molecule has 0 aliphatic heterocycles. The Balaban J connectivity index is 1.98. The number of benzene rings is 1. The van der Waals surface area contributed by atoms with Crippen LogP contribution in [0.15, 0.2) is 36.7 Å². The van der Waals surface area contributed by atoms with Gasteiger partial charge in [0.15, 0.2) is 0 Å². The minimum Gasteiger partial charge on any atom is -0.317 e. The minimum atomic E-state index is 0.668. The van der Waals surface area contributed by atoms with Crippen LogP contribution in [0.4, 0.5) is 0 Å². The molecule has 0 radical (unpaired) electrons. The number of nitrogens with zero attached hydrogens (tertiary/aromatic N) is 3. The van der Waals surface area contributed by atoms with Crippen LogP contribution in [0, 0.1) is 11.3 Å². The number of rotatable bonds is 6. The van der Waals surface area contributed by atoms with E-state index in [0.29, 0.717) is 5.56 Å². The van der Waals surface area contributed by atoms with Gasteiger partial charge in [-0.3, -0.25) is 0 Å². The first kappa shape index (κ1) is 13.3. The highest BCUT2D eigenvalue weighted by Gasteiger charge is 2.01. The van der Waals surface area contributed by atoms with E-state index < -0.39 is 0 Å². The Morgan fingerprint density at radius 3 is 2.79 bits per heavy atom. The van der Waals surface area contributed by atoms with Gasteiger partial charge in [0.2, 0.25) is 0 Å². The maximum atomic E-state index is 8.77. The Labute approximate surface area is 113 Å². The Kier molecular flexibility index (Phi) is 4.71. The van der Waals surface area contributed by atoms with Crippen LogP contribution in [0.2, 0.25) is 0 Å². The molecule has 4 heteroatoms. The predicted molar refractivity (Wildman–Crippen MR) is 75.1 cm³/mol. The molecule has 0 aliphatic carbocycles. The molecule has 1 N–H and O–H groups in total. The van der Waals surface area contributed by atoms with Gasteiger partial charge in [-0.25, -0.2) is 4.68 Å². The van der Waals surface area contributed by atoms with Crippen LogP contribution in [0.25, 0.3) is 5.69 Å². The summed E-state index contributed by atoms with van der Waals surface area (Å²) in [5.41, 5.74) is 2.89. The normalized spacial score (nSPS) is 10.3. The molecule has 1 heterocycles. The molecule has 4 nitrogen and oxygen atoms in total. The van der Waals surface area contributed by atoms with Gasteiger partial charge in [-0.05, 0) is 55.8 Å². The molecule has 1 aromatic heterocycles. The van der Waals surface area contributed by atoms with Gasteiger partial charge in [0.05, 0.1) is 23.5 Å². The van der Waals surface area contributed by atoms with Crippen LogP contribution >= 0.6 is 0 Å². The number of hydrogen-bond donors (Lipinski definition) is 1. The van der Waals surface area contributed by atoms with E-state index in [1.165, 1.54) is 5.56 Å². The predicted octanol–water partition coefficient (Wildman–Crippen LogP) is 2.29. The summed E-state index contributed by atoms with van der Waals surface area (Å²) in [6.07, 6.45) is 6.10. The maximum absolute atomic E-state index is 8.77. The minimum absolute atomic E-state index is 0.668. The van der Waals surface area contributed by atoms with Crippen molar-refractivity contribution in [3.63, 3.8) is 0 Å². The Morgan fingerprint density at radius 2 is 2.11 bits per heavy atom. The molecule has 0 unspecified atom stereocenters. The summed E-state index contributed by atoms with van der Waals surface area (Å²) >= 11 is 0. The van der Waals surface area contributed by atoms with Crippen LogP contribution in [-0.4, -0.2) is 22.9 Å². The second-order valence-corrected chi connectivity index (χ2v) is 4.41. The lowest BCUT2D eigenvalue weighted by molar-refractivity contribution is 0.672. The molecular formula is C15H18N4.